The number of hydrogen-bond donors (Lipinski definition) is 2. The summed E-state index contributed by atoms with van der Waals surface area (Å²) in [6.45, 7) is 3.22. The van der Waals surface area contributed by atoms with Crippen LogP contribution in [-0.2, 0) is 23.1 Å². The van der Waals surface area contributed by atoms with Crippen molar-refractivity contribution < 1.29 is 8.42 Å². The minimum Gasteiger partial charge on any atom is -0.337 e. The number of sulfonamides is 1. The van der Waals surface area contributed by atoms with Crippen LogP contribution in [-0.4, -0.2) is 24.5 Å². The highest BCUT2D eigenvalue weighted by molar-refractivity contribution is 7.89. The van der Waals surface area contributed by atoms with Gasteiger partial charge in [-0.1, -0.05) is 12.1 Å². The summed E-state index contributed by atoms with van der Waals surface area (Å²) in [4.78, 5) is 4.24. The van der Waals surface area contributed by atoms with Crippen molar-refractivity contribution >= 4 is 10.0 Å². The normalized spacial score (nSPS) is 11.7. The van der Waals surface area contributed by atoms with Crippen LogP contribution in [0.4, 0.5) is 0 Å². The summed E-state index contributed by atoms with van der Waals surface area (Å²) < 4.78 is 29.2. The molecule has 0 unspecified atom stereocenters. The molecule has 0 aliphatic heterocycles. The summed E-state index contributed by atoms with van der Waals surface area (Å²) >= 11 is 0. The molecule has 2 rings (SSSR count). The van der Waals surface area contributed by atoms with Gasteiger partial charge in [-0.15, -0.1) is 0 Å². The fourth-order valence-corrected chi connectivity index (χ4v) is 3.50. The van der Waals surface area contributed by atoms with Crippen LogP contribution in [0.15, 0.2) is 41.8 Å². The Hall–Kier alpha value is -1.70. The Morgan fingerprint density at radius 1 is 1.38 bits per heavy atom. The smallest absolute Gasteiger partial charge is 0.240 e. The summed E-state index contributed by atoms with van der Waals surface area (Å²) in [7, 11) is -3.50. The molecule has 6 nitrogen and oxygen atoms in total. The predicted octanol–water partition coefficient (Wildman–Crippen LogP) is 1.02. The van der Waals surface area contributed by atoms with E-state index in [4.69, 9.17) is 5.73 Å². The van der Waals surface area contributed by atoms with E-state index in [-0.39, 0.29) is 0 Å². The topological polar surface area (TPSA) is 90.0 Å². The van der Waals surface area contributed by atoms with Gasteiger partial charge in [0.2, 0.25) is 10.0 Å². The number of nitrogens with two attached hydrogens (primary N) is 1. The molecule has 114 valence electrons. The van der Waals surface area contributed by atoms with Crippen molar-refractivity contribution in [2.75, 3.05) is 6.54 Å². The highest BCUT2D eigenvalue weighted by atomic mass is 32.2. The quantitative estimate of drug-likeness (QED) is 0.747. The number of nitrogens with zero attached hydrogens (tertiary/aromatic N) is 2. The van der Waals surface area contributed by atoms with Gasteiger partial charge in [0, 0.05) is 32.0 Å². The zero-order chi connectivity index (χ0) is 15.3. The third-order valence-electron chi connectivity index (χ3n) is 3.35. The third-order valence-corrected chi connectivity index (χ3v) is 4.96. The van der Waals surface area contributed by atoms with Crippen molar-refractivity contribution in [1.29, 1.82) is 0 Å². The van der Waals surface area contributed by atoms with Crippen molar-refractivity contribution in [1.82, 2.24) is 14.3 Å². The van der Waals surface area contributed by atoms with Crippen LogP contribution in [0.1, 0.15) is 17.5 Å². The van der Waals surface area contributed by atoms with E-state index in [0.717, 1.165) is 12.1 Å². The highest BCUT2D eigenvalue weighted by Gasteiger charge is 2.17. The number of rotatable bonds is 7. The van der Waals surface area contributed by atoms with Crippen LogP contribution in [0, 0.1) is 6.92 Å². The third kappa shape index (κ3) is 3.90. The van der Waals surface area contributed by atoms with Crippen molar-refractivity contribution in [3.8, 4) is 0 Å². The van der Waals surface area contributed by atoms with Crippen LogP contribution in [0.5, 0.6) is 0 Å². The summed E-state index contributed by atoms with van der Waals surface area (Å²) in [5.41, 5.74) is 7.17. The van der Waals surface area contributed by atoms with Gasteiger partial charge in [-0.2, -0.15) is 0 Å². The number of aromatic nitrogens is 2. The Kier molecular flexibility index (Phi) is 5.11. The molecule has 0 fully saturated rings. The molecule has 1 heterocycles. The summed E-state index contributed by atoms with van der Waals surface area (Å²) in [5, 5.41) is 0. The van der Waals surface area contributed by atoms with Crippen LogP contribution in [0.2, 0.25) is 0 Å². The maximum Gasteiger partial charge on any atom is 0.240 e. The molecule has 0 saturated heterocycles. The molecule has 0 saturated carbocycles. The van der Waals surface area contributed by atoms with E-state index in [0.29, 0.717) is 30.0 Å². The fourth-order valence-electron chi connectivity index (χ4n) is 2.14. The number of nitrogens with one attached hydrogen (secondary N) is 1. The lowest BCUT2D eigenvalue weighted by molar-refractivity contribution is 0.569. The first-order valence-corrected chi connectivity index (χ1v) is 8.27. The van der Waals surface area contributed by atoms with Gasteiger partial charge in [0.15, 0.2) is 0 Å². The molecule has 0 aliphatic carbocycles. The van der Waals surface area contributed by atoms with E-state index >= 15 is 0 Å². The van der Waals surface area contributed by atoms with Gasteiger partial charge < -0.3 is 10.3 Å². The van der Waals surface area contributed by atoms with E-state index in [9.17, 15) is 8.42 Å². The first-order chi connectivity index (χ1) is 10.0. The molecule has 2 aromatic rings. The molecule has 0 spiro atoms. The Balaban J connectivity index is 1.98. The van der Waals surface area contributed by atoms with Crippen LogP contribution in [0.3, 0.4) is 0 Å². The van der Waals surface area contributed by atoms with Crippen LogP contribution in [0.25, 0.3) is 0 Å². The monoisotopic (exact) mass is 308 g/mol. The second kappa shape index (κ2) is 6.84. The molecule has 0 amide bonds. The largest absolute Gasteiger partial charge is 0.337 e. The molecule has 1 aromatic carbocycles. The second-order valence-corrected chi connectivity index (χ2v) is 6.53. The standard InChI is InChI=1S/C14H20N4O2S/c1-12-13(10-15)4-2-5-14(12)21(19,20)17-6-3-8-18-9-7-16-11-18/h2,4-5,7,9,11,17H,3,6,8,10,15H2,1H3. The van der Waals surface area contributed by atoms with E-state index < -0.39 is 10.0 Å². The minimum atomic E-state index is -3.50. The van der Waals surface area contributed by atoms with E-state index in [1.165, 1.54) is 0 Å². The van der Waals surface area contributed by atoms with Gasteiger partial charge in [-0.3, -0.25) is 0 Å². The van der Waals surface area contributed by atoms with E-state index in [2.05, 4.69) is 9.71 Å². The molecular formula is C14H20N4O2S. The molecule has 1 aromatic heterocycles. The lowest BCUT2D eigenvalue weighted by atomic mass is 10.1. The van der Waals surface area contributed by atoms with Gasteiger partial charge in [-0.05, 0) is 30.5 Å². The Morgan fingerprint density at radius 2 is 2.19 bits per heavy atom. The van der Waals surface area contributed by atoms with Crippen molar-refractivity contribution in [3.63, 3.8) is 0 Å². The zero-order valence-corrected chi connectivity index (χ0v) is 12.8. The summed E-state index contributed by atoms with van der Waals surface area (Å²) in [5.74, 6) is 0. The van der Waals surface area contributed by atoms with Gasteiger partial charge in [0.25, 0.3) is 0 Å². The Labute approximate surface area is 125 Å². The second-order valence-electron chi connectivity index (χ2n) is 4.80. The maximum atomic E-state index is 12.3. The van der Waals surface area contributed by atoms with Crippen molar-refractivity contribution in [2.45, 2.75) is 31.3 Å². The Morgan fingerprint density at radius 3 is 2.86 bits per heavy atom. The molecule has 3 N–H and O–H groups in total. The summed E-state index contributed by atoms with van der Waals surface area (Å²) in [6.07, 6.45) is 5.96. The van der Waals surface area contributed by atoms with Gasteiger partial charge >= 0.3 is 0 Å². The SMILES string of the molecule is Cc1c(CN)cccc1S(=O)(=O)NCCCn1ccnc1. The number of imidazole rings is 1. The van der Waals surface area contributed by atoms with Crippen LogP contribution >= 0.6 is 0 Å². The lowest BCUT2D eigenvalue weighted by Gasteiger charge is -2.12. The first kappa shape index (κ1) is 15.7. The van der Waals surface area contributed by atoms with Crippen LogP contribution < -0.4 is 10.5 Å². The molecule has 0 aliphatic rings. The minimum absolute atomic E-state index is 0.299. The Bertz CT molecular complexity index is 681. The maximum absolute atomic E-state index is 12.3. The number of hydrogen-bond acceptors (Lipinski definition) is 4. The van der Waals surface area contributed by atoms with Gasteiger partial charge in [0.05, 0.1) is 11.2 Å². The zero-order valence-electron chi connectivity index (χ0n) is 12.0. The summed E-state index contributed by atoms with van der Waals surface area (Å²) in [6, 6.07) is 5.16. The van der Waals surface area contributed by atoms with Crippen molar-refractivity contribution in [3.05, 3.63) is 48.0 Å². The molecule has 0 radical (unpaired) electrons. The fraction of sp³-hybridized carbons (Fsp3) is 0.357. The average molecular weight is 308 g/mol. The van der Waals surface area contributed by atoms with Crippen molar-refractivity contribution in [2.24, 2.45) is 5.73 Å². The molecule has 7 heteroatoms. The molecular weight excluding hydrogens is 288 g/mol. The van der Waals surface area contributed by atoms with E-state index in [1.807, 2.05) is 16.8 Å². The number of aryl methyl sites for hydroxylation is 1. The first-order valence-electron chi connectivity index (χ1n) is 6.78. The van der Waals surface area contributed by atoms with Gasteiger partial charge in [0.1, 0.15) is 0 Å². The number of benzene rings is 1. The molecule has 21 heavy (non-hydrogen) atoms. The molecule has 0 atom stereocenters. The van der Waals surface area contributed by atoms with E-state index in [1.54, 1.807) is 31.6 Å². The highest BCUT2D eigenvalue weighted by Crippen LogP contribution is 2.18. The lowest BCUT2D eigenvalue weighted by Crippen LogP contribution is -2.26. The molecule has 0 bridgehead atoms. The van der Waals surface area contributed by atoms with Gasteiger partial charge in [-0.25, -0.2) is 18.1 Å². The predicted molar refractivity (Wildman–Crippen MR) is 81.1 cm³/mol. The average Bonchev–Trinajstić information content (AvgIpc) is 2.97.